The van der Waals surface area contributed by atoms with E-state index < -0.39 is 0 Å². The minimum absolute atomic E-state index is 0.603. The van der Waals surface area contributed by atoms with Crippen molar-refractivity contribution in [2.75, 3.05) is 18.1 Å². The zero-order chi connectivity index (χ0) is 10.9. The van der Waals surface area contributed by atoms with E-state index in [1.807, 2.05) is 11.8 Å². The van der Waals surface area contributed by atoms with E-state index in [1.165, 1.54) is 23.5 Å². The summed E-state index contributed by atoms with van der Waals surface area (Å²) in [5.41, 5.74) is 1.46. The molecule has 0 radical (unpaired) electrons. The largest absolute Gasteiger partial charge is 0.314 e. The van der Waals surface area contributed by atoms with Crippen LogP contribution in [0.3, 0.4) is 0 Å². The first-order valence-corrected chi connectivity index (χ1v) is 7.75. The molecule has 0 aliphatic carbocycles. The quantitative estimate of drug-likeness (QED) is 0.702. The van der Waals surface area contributed by atoms with Crippen LogP contribution >= 0.6 is 23.1 Å². The predicted molar refractivity (Wildman–Crippen MR) is 73.1 cm³/mol. The lowest BCUT2D eigenvalue weighted by atomic mass is 10.1. The minimum atomic E-state index is 0.603. The van der Waals surface area contributed by atoms with Crippen molar-refractivity contribution in [1.29, 1.82) is 0 Å². The van der Waals surface area contributed by atoms with Crippen molar-refractivity contribution in [2.24, 2.45) is 0 Å². The second-order valence-electron chi connectivity index (χ2n) is 3.74. The Kier molecular flexibility index (Phi) is 7.14. The molecule has 1 aromatic heterocycles. The lowest BCUT2D eigenvalue weighted by molar-refractivity contribution is 0.545. The van der Waals surface area contributed by atoms with Crippen LogP contribution in [0.15, 0.2) is 16.8 Å². The van der Waals surface area contributed by atoms with Gasteiger partial charge in [0.1, 0.15) is 0 Å². The maximum Gasteiger partial charge on any atom is 0.00794 e. The average Bonchev–Trinajstić information content (AvgIpc) is 2.70. The Morgan fingerprint density at radius 1 is 1.53 bits per heavy atom. The third-order valence-electron chi connectivity index (χ3n) is 2.28. The summed E-state index contributed by atoms with van der Waals surface area (Å²) in [6.45, 7) is 5.64. The Hall–Kier alpha value is 0.01000. The normalized spacial score (nSPS) is 12.9. The molecule has 1 heterocycles. The van der Waals surface area contributed by atoms with E-state index in [9.17, 15) is 0 Å². The van der Waals surface area contributed by atoms with Gasteiger partial charge in [-0.15, -0.1) is 0 Å². The van der Waals surface area contributed by atoms with Crippen molar-refractivity contribution in [3.63, 3.8) is 0 Å². The molecule has 1 N–H and O–H groups in total. The molecule has 1 rings (SSSR count). The summed E-state index contributed by atoms with van der Waals surface area (Å²) >= 11 is 3.81. The van der Waals surface area contributed by atoms with E-state index in [2.05, 4.69) is 36.0 Å². The van der Waals surface area contributed by atoms with Gasteiger partial charge in [0, 0.05) is 6.04 Å². The third-order valence-corrected chi connectivity index (χ3v) is 4.00. The monoisotopic (exact) mass is 243 g/mol. The van der Waals surface area contributed by atoms with Gasteiger partial charge in [-0.1, -0.05) is 6.92 Å². The van der Waals surface area contributed by atoms with Gasteiger partial charge in [-0.3, -0.25) is 0 Å². The Labute approximate surface area is 102 Å². The SMILES string of the molecule is CCSCCCNC(C)Cc1ccsc1. The summed E-state index contributed by atoms with van der Waals surface area (Å²) in [5.74, 6) is 2.53. The first-order valence-electron chi connectivity index (χ1n) is 5.65. The lowest BCUT2D eigenvalue weighted by Gasteiger charge is -2.12. The lowest BCUT2D eigenvalue weighted by Crippen LogP contribution is -2.29. The van der Waals surface area contributed by atoms with Crippen LogP contribution in [0.5, 0.6) is 0 Å². The molecule has 0 aliphatic heterocycles. The molecule has 0 aromatic carbocycles. The van der Waals surface area contributed by atoms with Gasteiger partial charge in [0.15, 0.2) is 0 Å². The Balaban J connectivity index is 2.01. The van der Waals surface area contributed by atoms with E-state index >= 15 is 0 Å². The molecule has 1 unspecified atom stereocenters. The van der Waals surface area contributed by atoms with Crippen molar-refractivity contribution in [3.8, 4) is 0 Å². The Morgan fingerprint density at radius 3 is 3.07 bits per heavy atom. The molecule has 1 nitrogen and oxygen atoms in total. The predicted octanol–water partition coefficient (Wildman–Crippen LogP) is 3.41. The van der Waals surface area contributed by atoms with E-state index in [4.69, 9.17) is 0 Å². The highest BCUT2D eigenvalue weighted by Gasteiger charge is 2.02. The maximum absolute atomic E-state index is 3.57. The summed E-state index contributed by atoms with van der Waals surface area (Å²) in [5, 5.41) is 7.96. The number of rotatable bonds is 8. The summed E-state index contributed by atoms with van der Waals surface area (Å²) < 4.78 is 0. The van der Waals surface area contributed by atoms with Crippen LogP contribution in [-0.4, -0.2) is 24.1 Å². The summed E-state index contributed by atoms with van der Waals surface area (Å²) in [6, 6.07) is 2.82. The second kappa shape index (κ2) is 8.20. The zero-order valence-electron chi connectivity index (χ0n) is 9.66. The van der Waals surface area contributed by atoms with Crippen molar-refractivity contribution in [1.82, 2.24) is 5.32 Å². The fraction of sp³-hybridized carbons (Fsp3) is 0.667. The van der Waals surface area contributed by atoms with Crippen LogP contribution in [0.1, 0.15) is 25.8 Å². The van der Waals surface area contributed by atoms with Gasteiger partial charge in [-0.25, -0.2) is 0 Å². The molecule has 0 fully saturated rings. The minimum Gasteiger partial charge on any atom is -0.314 e. The average molecular weight is 243 g/mol. The molecule has 86 valence electrons. The zero-order valence-corrected chi connectivity index (χ0v) is 11.3. The third kappa shape index (κ3) is 6.23. The molecule has 0 saturated carbocycles. The smallest absolute Gasteiger partial charge is 0.00794 e. The molecular weight excluding hydrogens is 222 g/mol. The van der Waals surface area contributed by atoms with E-state index in [1.54, 1.807) is 11.3 Å². The van der Waals surface area contributed by atoms with Gasteiger partial charge in [0.2, 0.25) is 0 Å². The highest BCUT2D eigenvalue weighted by Crippen LogP contribution is 2.08. The molecule has 0 bridgehead atoms. The number of thiophene rings is 1. The Morgan fingerprint density at radius 2 is 2.40 bits per heavy atom. The Bertz CT molecular complexity index is 234. The molecular formula is C12H21NS2. The molecule has 1 aromatic rings. The number of hydrogen-bond acceptors (Lipinski definition) is 3. The number of hydrogen-bond donors (Lipinski definition) is 1. The topological polar surface area (TPSA) is 12.0 Å². The first-order chi connectivity index (χ1) is 7.33. The number of thioether (sulfide) groups is 1. The summed E-state index contributed by atoms with van der Waals surface area (Å²) in [7, 11) is 0. The molecule has 0 amide bonds. The molecule has 0 aliphatic rings. The van der Waals surface area contributed by atoms with Crippen molar-refractivity contribution >= 4 is 23.1 Å². The molecule has 0 saturated heterocycles. The second-order valence-corrected chi connectivity index (χ2v) is 5.92. The fourth-order valence-electron chi connectivity index (χ4n) is 1.50. The molecule has 0 spiro atoms. The highest BCUT2D eigenvalue weighted by atomic mass is 32.2. The van der Waals surface area contributed by atoms with Crippen molar-refractivity contribution in [3.05, 3.63) is 22.4 Å². The van der Waals surface area contributed by atoms with Crippen LogP contribution < -0.4 is 5.32 Å². The van der Waals surface area contributed by atoms with Crippen LogP contribution in [-0.2, 0) is 6.42 Å². The van der Waals surface area contributed by atoms with Crippen molar-refractivity contribution < 1.29 is 0 Å². The van der Waals surface area contributed by atoms with Crippen LogP contribution in [0.4, 0.5) is 0 Å². The standard InChI is InChI=1S/C12H21NS2/c1-3-14-7-4-6-13-11(2)9-12-5-8-15-10-12/h5,8,10-11,13H,3-4,6-7,9H2,1-2H3. The summed E-state index contributed by atoms with van der Waals surface area (Å²) in [4.78, 5) is 0. The molecule has 1 atom stereocenters. The van der Waals surface area contributed by atoms with Gasteiger partial charge in [0.25, 0.3) is 0 Å². The van der Waals surface area contributed by atoms with Gasteiger partial charge in [0.05, 0.1) is 0 Å². The highest BCUT2D eigenvalue weighted by molar-refractivity contribution is 7.99. The van der Waals surface area contributed by atoms with Gasteiger partial charge in [-0.05, 0) is 60.2 Å². The fourth-order valence-corrected chi connectivity index (χ4v) is 2.82. The van der Waals surface area contributed by atoms with E-state index in [-0.39, 0.29) is 0 Å². The van der Waals surface area contributed by atoms with Crippen LogP contribution in [0, 0.1) is 0 Å². The summed E-state index contributed by atoms with van der Waals surface area (Å²) in [6.07, 6.45) is 2.44. The van der Waals surface area contributed by atoms with Gasteiger partial charge in [-0.2, -0.15) is 23.1 Å². The maximum atomic E-state index is 3.57. The van der Waals surface area contributed by atoms with Gasteiger partial charge < -0.3 is 5.32 Å². The molecule has 15 heavy (non-hydrogen) atoms. The van der Waals surface area contributed by atoms with Crippen LogP contribution in [0.25, 0.3) is 0 Å². The van der Waals surface area contributed by atoms with Crippen molar-refractivity contribution in [2.45, 2.75) is 32.7 Å². The first kappa shape index (κ1) is 13.1. The van der Waals surface area contributed by atoms with Gasteiger partial charge >= 0.3 is 0 Å². The molecule has 3 heteroatoms. The number of nitrogens with one attached hydrogen (secondary N) is 1. The van der Waals surface area contributed by atoms with E-state index in [0.29, 0.717) is 6.04 Å². The van der Waals surface area contributed by atoms with E-state index in [0.717, 1.165) is 13.0 Å². The van der Waals surface area contributed by atoms with Crippen LogP contribution in [0.2, 0.25) is 0 Å².